The molecule has 0 amide bonds. The summed E-state index contributed by atoms with van der Waals surface area (Å²) < 4.78 is 39.7. The Labute approximate surface area is 82.1 Å². The third kappa shape index (κ3) is 7.15. The quantitative estimate of drug-likeness (QED) is 0.728. The molecule has 2 nitrogen and oxygen atoms in total. The Bertz CT molecular complexity index is 160. The highest BCUT2D eigenvalue weighted by Gasteiger charge is 2.27. The van der Waals surface area contributed by atoms with Gasteiger partial charge in [-0.1, -0.05) is 20.8 Å². The molecule has 0 heterocycles. The molecule has 86 valence electrons. The third-order valence-electron chi connectivity index (χ3n) is 1.81. The van der Waals surface area contributed by atoms with Crippen LogP contribution in [-0.2, 0) is 4.74 Å². The molecule has 0 aromatic rings. The first-order valence-electron chi connectivity index (χ1n) is 4.45. The van der Waals surface area contributed by atoms with Crippen molar-refractivity contribution >= 4 is 0 Å². The van der Waals surface area contributed by atoms with Crippen LogP contribution in [0.25, 0.3) is 0 Å². The van der Waals surface area contributed by atoms with Crippen molar-refractivity contribution in [1.29, 1.82) is 0 Å². The third-order valence-corrected chi connectivity index (χ3v) is 1.81. The monoisotopic (exact) mass is 214 g/mol. The molecular formula is C9H17F3O2. The van der Waals surface area contributed by atoms with E-state index in [1.807, 2.05) is 0 Å². The molecule has 0 aliphatic carbocycles. The van der Waals surface area contributed by atoms with E-state index < -0.39 is 25.3 Å². The molecule has 1 N–H and O–H groups in total. The van der Waals surface area contributed by atoms with E-state index in [0.29, 0.717) is 0 Å². The highest BCUT2D eigenvalue weighted by Crippen LogP contribution is 2.21. The molecule has 0 aromatic carbocycles. The van der Waals surface area contributed by atoms with Crippen LogP contribution in [-0.4, -0.2) is 30.6 Å². The lowest BCUT2D eigenvalue weighted by atomic mass is 9.90. The molecule has 0 rings (SSSR count). The molecule has 5 heteroatoms. The van der Waals surface area contributed by atoms with E-state index in [9.17, 15) is 18.3 Å². The van der Waals surface area contributed by atoms with E-state index >= 15 is 0 Å². The molecular weight excluding hydrogens is 197 g/mol. The standard InChI is InChI=1S/C9H17F3O2/c1-8(2,3)7(13)6-14-5-4-9(10,11)12/h7,13H,4-6H2,1-3H3. The lowest BCUT2D eigenvalue weighted by Gasteiger charge is -2.25. The Morgan fingerprint density at radius 3 is 2.07 bits per heavy atom. The number of hydrogen-bond donors (Lipinski definition) is 1. The van der Waals surface area contributed by atoms with E-state index in [1.54, 1.807) is 20.8 Å². The average Bonchev–Trinajstić information content (AvgIpc) is 1.93. The Hall–Kier alpha value is -0.290. The summed E-state index contributed by atoms with van der Waals surface area (Å²) in [7, 11) is 0. The maximum Gasteiger partial charge on any atom is 0.391 e. The van der Waals surface area contributed by atoms with E-state index in [2.05, 4.69) is 0 Å². The summed E-state index contributed by atoms with van der Waals surface area (Å²) in [4.78, 5) is 0. The van der Waals surface area contributed by atoms with Gasteiger partial charge in [0.05, 0.1) is 25.7 Å². The van der Waals surface area contributed by atoms with Gasteiger partial charge in [0.1, 0.15) is 0 Å². The first-order chi connectivity index (χ1) is 6.13. The van der Waals surface area contributed by atoms with Crippen LogP contribution in [0.4, 0.5) is 13.2 Å². The average molecular weight is 214 g/mol. The van der Waals surface area contributed by atoms with Crippen molar-refractivity contribution < 1.29 is 23.0 Å². The SMILES string of the molecule is CC(C)(C)C(O)COCCC(F)(F)F. The Kier molecular flexibility index (Phi) is 4.88. The van der Waals surface area contributed by atoms with Gasteiger partial charge in [-0.2, -0.15) is 13.2 Å². The molecule has 0 saturated carbocycles. The van der Waals surface area contributed by atoms with Crippen LogP contribution in [0.3, 0.4) is 0 Å². The maximum atomic E-state index is 11.7. The van der Waals surface area contributed by atoms with Crippen molar-refractivity contribution in [3.05, 3.63) is 0 Å². The van der Waals surface area contributed by atoms with Crippen molar-refractivity contribution in [2.75, 3.05) is 13.2 Å². The molecule has 0 bridgehead atoms. The summed E-state index contributed by atoms with van der Waals surface area (Å²) in [5.41, 5.74) is -0.363. The van der Waals surface area contributed by atoms with E-state index in [1.165, 1.54) is 0 Å². The predicted octanol–water partition coefficient (Wildman–Crippen LogP) is 2.36. The van der Waals surface area contributed by atoms with Crippen molar-refractivity contribution in [3.63, 3.8) is 0 Å². The van der Waals surface area contributed by atoms with E-state index in [-0.39, 0.29) is 12.0 Å². The number of hydrogen-bond acceptors (Lipinski definition) is 2. The Morgan fingerprint density at radius 2 is 1.71 bits per heavy atom. The summed E-state index contributed by atoms with van der Waals surface area (Å²) in [6.45, 7) is 4.94. The number of aliphatic hydroxyl groups is 1. The first kappa shape index (κ1) is 13.7. The zero-order valence-electron chi connectivity index (χ0n) is 8.69. The minimum atomic E-state index is -4.19. The van der Waals surface area contributed by atoms with Gasteiger partial charge < -0.3 is 9.84 Å². The van der Waals surface area contributed by atoms with E-state index in [0.717, 1.165) is 0 Å². The summed E-state index contributed by atoms with van der Waals surface area (Å²) in [6.07, 6.45) is -5.90. The molecule has 1 unspecified atom stereocenters. The first-order valence-corrected chi connectivity index (χ1v) is 4.45. The molecule has 0 saturated heterocycles. The molecule has 0 aromatic heterocycles. The van der Waals surface area contributed by atoms with Crippen molar-refractivity contribution in [2.24, 2.45) is 5.41 Å². The molecule has 0 aliphatic heterocycles. The molecule has 0 fully saturated rings. The van der Waals surface area contributed by atoms with Crippen LogP contribution in [0.15, 0.2) is 0 Å². The van der Waals surface area contributed by atoms with Gasteiger partial charge in [-0.05, 0) is 5.41 Å². The molecule has 0 spiro atoms. The normalized spacial score (nSPS) is 15.6. The fourth-order valence-corrected chi connectivity index (χ4v) is 0.633. The summed E-state index contributed by atoms with van der Waals surface area (Å²) in [5, 5.41) is 9.41. The lowest BCUT2D eigenvalue weighted by Crippen LogP contribution is -2.31. The van der Waals surface area contributed by atoms with Gasteiger partial charge in [-0.3, -0.25) is 0 Å². The summed E-state index contributed by atoms with van der Waals surface area (Å²) in [5.74, 6) is 0. The minimum Gasteiger partial charge on any atom is -0.390 e. The Morgan fingerprint density at radius 1 is 1.21 bits per heavy atom. The highest BCUT2D eigenvalue weighted by molar-refractivity contribution is 4.71. The molecule has 0 aliphatic rings. The van der Waals surface area contributed by atoms with Gasteiger partial charge in [0.25, 0.3) is 0 Å². The second kappa shape index (κ2) is 4.98. The lowest BCUT2D eigenvalue weighted by molar-refractivity contribution is -0.148. The maximum absolute atomic E-state index is 11.7. The van der Waals surface area contributed by atoms with Crippen LogP contribution in [0.2, 0.25) is 0 Å². The number of rotatable bonds is 4. The van der Waals surface area contributed by atoms with Gasteiger partial charge >= 0.3 is 6.18 Å². The van der Waals surface area contributed by atoms with Crippen molar-refractivity contribution in [3.8, 4) is 0 Å². The molecule has 14 heavy (non-hydrogen) atoms. The fourth-order valence-electron chi connectivity index (χ4n) is 0.633. The van der Waals surface area contributed by atoms with Crippen LogP contribution in [0, 0.1) is 5.41 Å². The minimum absolute atomic E-state index is 0.0560. The predicted molar refractivity (Wildman–Crippen MR) is 47.0 cm³/mol. The zero-order valence-corrected chi connectivity index (χ0v) is 8.69. The number of alkyl halides is 3. The van der Waals surface area contributed by atoms with Crippen molar-refractivity contribution in [2.45, 2.75) is 39.5 Å². The van der Waals surface area contributed by atoms with Gasteiger partial charge in [0.2, 0.25) is 0 Å². The van der Waals surface area contributed by atoms with Crippen LogP contribution in [0.1, 0.15) is 27.2 Å². The second-order valence-corrected chi connectivity index (χ2v) is 4.32. The molecule has 0 radical (unpaired) electrons. The number of ether oxygens (including phenoxy) is 1. The van der Waals surface area contributed by atoms with Gasteiger partial charge in [0.15, 0.2) is 0 Å². The number of halogens is 3. The summed E-state index contributed by atoms with van der Waals surface area (Å²) >= 11 is 0. The largest absolute Gasteiger partial charge is 0.391 e. The number of aliphatic hydroxyl groups excluding tert-OH is 1. The van der Waals surface area contributed by atoms with Crippen LogP contribution >= 0.6 is 0 Å². The zero-order chi connectivity index (χ0) is 11.4. The molecule has 1 atom stereocenters. The highest BCUT2D eigenvalue weighted by atomic mass is 19.4. The van der Waals surface area contributed by atoms with Gasteiger partial charge in [0, 0.05) is 0 Å². The second-order valence-electron chi connectivity index (χ2n) is 4.32. The topological polar surface area (TPSA) is 29.5 Å². The van der Waals surface area contributed by atoms with Gasteiger partial charge in [-0.15, -0.1) is 0 Å². The Balaban J connectivity index is 3.56. The van der Waals surface area contributed by atoms with E-state index in [4.69, 9.17) is 4.74 Å². The smallest absolute Gasteiger partial charge is 0.390 e. The van der Waals surface area contributed by atoms with Crippen LogP contribution < -0.4 is 0 Å². The van der Waals surface area contributed by atoms with Crippen molar-refractivity contribution in [1.82, 2.24) is 0 Å². The van der Waals surface area contributed by atoms with Crippen LogP contribution in [0.5, 0.6) is 0 Å². The van der Waals surface area contributed by atoms with Gasteiger partial charge in [-0.25, -0.2) is 0 Å². The summed E-state index contributed by atoms with van der Waals surface area (Å²) in [6, 6.07) is 0. The fraction of sp³-hybridized carbons (Fsp3) is 1.00.